The zero-order valence-electron chi connectivity index (χ0n) is 10.8. The van der Waals surface area contributed by atoms with Crippen LogP contribution in [-0.4, -0.2) is 51.3 Å². The van der Waals surface area contributed by atoms with E-state index in [2.05, 4.69) is 23.7 Å². The molecule has 1 saturated heterocycles. The molecule has 0 spiro atoms. The number of hydrogen-bond donors (Lipinski definition) is 1. The first-order chi connectivity index (χ1) is 7.76. The number of methoxy groups -OCH3 is 1. The van der Waals surface area contributed by atoms with Crippen molar-refractivity contribution in [3.63, 3.8) is 0 Å². The minimum atomic E-state index is 0.724. The summed E-state index contributed by atoms with van der Waals surface area (Å²) >= 11 is 0. The largest absolute Gasteiger partial charge is 0.384 e. The highest BCUT2D eigenvalue weighted by atomic mass is 16.5. The first-order valence-electron chi connectivity index (χ1n) is 6.35. The van der Waals surface area contributed by atoms with Crippen LogP contribution in [0.15, 0.2) is 12.2 Å². The highest BCUT2D eigenvalue weighted by Crippen LogP contribution is 2.16. The molecule has 0 saturated carbocycles. The van der Waals surface area contributed by atoms with E-state index in [1.54, 1.807) is 7.11 Å². The van der Waals surface area contributed by atoms with E-state index in [9.17, 15) is 0 Å². The van der Waals surface area contributed by atoms with Crippen LogP contribution in [0.4, 0.5) is 0 Å². The van der Waals surface area contributed by atoms with Crippen LogP contribution in [0.1, 0.15) is 19.8 Å². The summed E-state index contributed by atoms with van der Waals surface area (Å²) in [6.07, 6.45) is 2.45. The molecule has 16 heavy (non-hydrogen) atoms. The smallest absolute Gasteiger partial charge is 0.0503 e. The van der Waals surface area contributed by atoms with E-state index in [-0.39, 0.29) is 0 Å². The third-order valence-corrected chi connectivity index (χ3v) is 3.02. The van der Waals surface area contributed by atoms with Gasteiger partial charge in [0.1, 0.15) is 0 Å². The van der Waals surface area contributed by atoms with Gasteiger partial charge in [0.15, 0.2) is 0 Å². The van der Waals surface area contributed by atoms with Crippen LogP contribution in [-0.2, 0) is 4.74 Å². The Bertz CT molecular complexity index is 206. The molecule has 1 aliphatic rings. The normalized spacial score (nSPS) is 21.5. The maximum absolute atomic E-state index is 5.20. The van der Waals surface area contributed by atoms with Crippen molar-refractivity contribution in [3.8, 4) is 0 Å². The molecule has 1 rings (SSSR count). The molecule has 1 heterocycles. The Balaban J connectivity index is 2.11. The second-order valence-corrected chi connectivity index (χ2v) is 4.77. The summed E-state index contributed by atoms with van der Waals surface area (Å²) in [6.45, 7) is 12.7. The molecular formula is C13H26N2O. The Labute approximate surface area is 99.8 Å². The maximum atomic E-state index is 5.20. The molecule has 1 aliphatic heterocycles. The van der Waals surface area contributed by atoms with Gasteiger partial charge in [-0.25, -0.2) is 0 Å². The van der Waals surface area contributed by atoms with E-state index in [0.29, 0.717) is 0 Å². The number of ether oxygens (including phenoxy) is 1. The van der Waals surface area contributed by atoms with Gasteiger partial charge in [0.25, 0.3) is 0 Å². The van der Waals surface area contributed by atoms with E-state index in [4.69, 9.17) is 4.74 Å². The van der Waals surface area contributed by atoms with Gasteiger partial charge >= 0.3 is 0 Å². The fourth-order valence-electron chi connectivity index (χ4n) is 2.24. The predicted molar refractivity (Wildman–Crippen MR) is 68.7 cm³/mol. The summed E-state index contributed by atoms with van der Waals surface area (Å²) in [7, 11) is 1.79. The number of nitrogens with one attached hydrogen (secondary N) is 1. The molecule has 94 valence electrons. The Morgan fingerprint density at radius 2 is 2.38 bits per heavy atom. The monoisotopic (exact) mass is 226 g/mol. The molecule has 1 atom stereocenters. The van der Waals surface area contributed by atoms with E-state index in [1.807, 2.05) is 0 Å². The predicted octanol–water partition coefficient (Wildman–Crippen LogP) is 1.51. The van der Waals surface area contributed by atoms with E-state index >= 15 is 0 Å². The van der Waals surface area contributed by atoms with Crippen molar-refractivity contribution in [2.75, 3.05) is 46.4 Å². The lowest BCUT2D eigenvalue weighted by Crippen LogP contribution is -2.28. The zero-order chi connectivity index (χ0) is 11.8. The molecule has 3 nitrogen and oxygen atoms in total. The molecule has 0 aromatic carbocycles. The number of likely N-dealkylation sites (tertiary alicyclic amines) is 1. The Morgan fingerprint density at radius 1 is 1.56 bits per heavy atom. The SMILES string of the molecule is C=C(CNCCC)CN1CCC(COC)C1. The molecular weight excluding hydrogens is 200 g/mol. The summed E-state index contributed by atoms with van der Waals surface area (Å²) in [5.74, 6) is 0.724. The van der Waals surface area contributed by atoms with Gasteiger partial charge in [0.05, 0.1) is 6.61 Å². The van der Waals surface area contributed by atoms with Crippen LogP contribution < -0.4 is 5.32 Å². The molecule has 0 aromatic rings. The van der Waals surface area contributed by atoms with E-state index in [1.165, 1.54) is 31.5 Å². The Morgan fingerprint density at radius 3 is 3.06 bits per heavy atom. The second kappa shape index (κ2) is 7.82. The molecule has 3 heteroatoms. The number of nitrogens with zero attached hydrogens (tertiary/aromatic N) is 1. The first-order valence-corrected chi connectivity index (χ1v) is 6.35. The topological polar surface area (TPSA) is 24.5 Å². The standard InChI is InChI=1S/C13H26N2O/c1-4-6-14-8-12(2)9-15-7-5-13(10-15)11-16-3/h13-14H,2,4-11H2,1,3H3. The van der Waals surface area contributed by atoms with Gasteiger partial charge in [-0.15, -0.1) is 0 Å². The van der Waals surface area contributed by atoms with Crippen LogP contribution in [0.2, 0.25) is 0 Å². The van der Waals surface area contributed by atoms with Gasteiger partial charge in [-0.2, -0.15) is 0 Å². The fraction of sp³-hybridized carbons (Fsp3) is 0.846. The van der Waals surface area contributed by atoms with Crippen molar-refractivity contribution in [3.05, 3.63) is 12.2 Å². The van der Waals surface area contributed by atoms with Crippen molar-refractivity contribution >= 4 is 0 Å². The molecule has 0 bridgehead atoms. The fourth-order valence-corrected chi connectivity index (χ4v) is 2.24. The Hall–Kier alpha value is -0.380. The highest BCUT2D eigenvalue weighted by Gasteiger charge is 2.22. The molecule has 1 unspecified atom stereocenters. The summed E-state index contributed by atoms with van der Waals surface area (Å²) in [6, 6.07) is 0. The quantitative estimate of drug-likeness (QED) is 0.501. The van der Waals surface area contributed by atoms with Gasteiger partial charge in [0, 0.05) is 26.7 Å². The highest BCUT2D eigenvalue weighted by molar-refractivity contribution is 5.00. The van der Waals surface area contributed by atoms with Gasteiger partial charge < -0.3 is 10.1 Å². The maximum Gasteiger partial charge on any atom is 0.0503 e. The average Bonchev–Trinajstić information content (AvgIpc) is 2.66. The minimum absolute atomic E-state index is 0.724. The van der Waals surface area contributed by atoms with Crippen molar-refractivity contribution < 1.29 is 4.74 Å². The van der Waals surface area contributed by atoms with Crippen LogP contribution in [0, 0.1) is 5.92 Å². The third-order valence-electron chi connectivity index (χ3n) is 3.02. The van der Waals surface area contributed by atoms with Gasteiger partial charge in [0.2, 0.25) is 0 Å². The summed E-state index contributed by atoms with van der Waals surface area (Å²) in [5, 5.41) is 3.39. The lowest BCUT2D eigenvalue weighted by Gasteiger charge is -2.17. The van der Waals surface area contributed by atoms with Crippen LogP contribution in [0.5, 0.6) is 0 Å². The molecule has 0 aromatic heterocycles. The van der Waals surface area contributed by atoms with E-state index < -0.39 is 0 Å². The molecule has 0 radical (unpaired) electrons. The van der Waals surface area contributed by atoms with Gasteiger partial charge in [-0.1, -0.05) is 13.5 Å². The zero-order valence-corrected chi connectivity index (χ0v) is 10.8. The van der Waals surface area contributed by atoms with Crippen molar-refractivity contribution in [2.24, 2.45) is 5.92 Å². The molecule has 0 amide bonds. The first kappa shape index (κ1) is 13.7. The van der Waals surface area contributed by atoms with Crippen molar-refractivity contribution in [1.82, 2.24) is 10.2 Å². The molecule has 1 fully saturated rings. The lowest BCUT2D eigenvalue weighted by atomic mass is 10.1. The third kappa shape index (κ3) is 5.10. The Kier molecular flexibility index (Phi) is 6.69. The lowest BCUT2D eigenvalue weighted by molar-refractivity contribution is 0.154. The summed E-state index contributed by atoms with van der Waals surface area (Å²) < 4.78 is 5.20. The minimum Gasteiger partial charge on any atom is -0.384 e. The van der Waals surface area contributed by atoms with Gasteiger partial charge in [-0.05, 0) is 37.4 Å². The van der Waals surface area contributed by atoms with Crippen LogP contribution in [0.3, 0.4) is 0 Å². The van der Waals surface area contributed by atoms with Gasteiger partial charge in [-0.3, -0.25) is 4.90 Å². The average molecular weight is 226 g/mol. The summed E-state index contributed by atoms with van der Waals surface area (Å²) in [5.41, 5.74) is 1.30. The number of rotatable bonds is 8. The molecule has 0 aliphatic carbocycles. The second-order valence-electron chi connectivity index (χ2n) is 4.77. The molecule has 1 N–H and O–H groups in total. The summed E-state index contributed by atoms with van der Waals surface area (Å²) in [4.78, 5) is 2.49. The van der Waals surface area contributed by atoms with Crippen LogP contribution >= 0.6 is 0 Å². The van der Waals surface area contributed by atoms with Crippen LogP contribution in [0.25, 0.3) is 0 Å². The van der Waals surface area contributed by atoms with Crippen molar-refractivity contribution in [2.45, 2.75) is 19.8 Å². The number of hydrogen-bond acceptors (Lipinski definition) is 3. The van der Waals surface area contributed by atoms with Crippen molar-refractivity contribution in [1.29, 1.82) is 0 Å². The van der Waals surface area contributed by atoms with E-state index in [0.717, 1.165) is 32.2 Å².